The van der Waals surface area contributed by atoms with Crippen LogP contribution in [0.4, 0.5) is 4.79 Å². The molecule has 3 amide bonds. The van der Waals surface area contributed by atoms with Gasteiger partial charge in [-0.15, -0.1) is 0 Å². The monoisotopic (exact) mass is 461 g/mol. The normalized spacial score (nSPS) is 13.8. The first-order chi connectivity index (χ1) is 15.0. The second-order valence-corrected chi connectivity index (χ2v) is 10.9. The largest absolute Gasteiger partial charge is 0.444 e. The van der Waals surface area contributed by atoms with Gasteiger partial charge in [-0.05, 0) is 84.9 Å². The van der Waals surface area contributed by atoms with Gasteiger partial charge in [-0.1, -0.05) is 32.0 Å². The average molecular weight is 462 g/mol. The topological polar surface area (TPSA) is 87.7 Å². The van der Waals surface area contributed by atoms with E-state index in [1.54, 1.807) is 25.7 Å². The number of benzene rings is 1. The van der Waals surface area contributed by atoms with Crippen molar-refractivity contribution in [3.8, 4) is 0 Å². The standard InChI is InChI=1S/C26H43N3O4/c1-12-29(23(31)20(16(2)3)27-24(32)33-26(9,10)11)21(22(30)28-25(6,7)8)19-15-13-14-17(4)18(19)5/h13-16,20-21H,12H2,1-11H3,(H,27,32)(H,28,30). The first-order valence-electron chi connectivity index (χ1n) is 11.7. The number of likely N-dealkylation sites (N-methyl/N-ethyl adjacent to an activating group) is 1. The van der Waals surface area contributed by atoms with Crippen LogP contribution >= 0.6 is 0 Å². The Balaban J connectivity index is 3.46. The Morgan fingerprint density at radius 1 is 1.03 bits per heavy atom. The number of aryl methyl sites for hydroxylation is 1. The summed E-state index contributed by atoms with van der Waals surface area (Å²) in [7, 11) is 0. The van der Waals surface area contributed by atoms with Crippen LogP contribution in [0, 0.1) is 19.8 Å². The predicted molar refractivity (Wildman–Crippen MR) is 132 cm³/mol. The van der Waals surface area contributed by atoms with Crippen molar-refractivity contribution in [3.63, 3.8) is 0 Å². The SMILES string of the molecule is CCN(C(=O)C(NC(=O)OC(C)(C)C)C(C)C)C(C(=O)NC(C)(C)C)c1cccc(C)c1C. The van der Waals surface area contributed by atoms with Crippen LogP contribution < -0.4 is 10.6 Å². The molecule has 0 aliphatic carbocycles. The number of carbonyl (C=O) groups excluding carboxylic acids is 3. The summed E-state index contributed by atoms with van der Waals surface area (Å²) in [6.07, 6.45) is -0.659. The minimum absolute atomic E-state index is 0.205. The molecule has 1 rings (SSSR count). The highest BCUT2D eigenvalue weighted by atomic mass is 16.6. The molecule has 2 atom stereocenters. The van der Waals surface area contributed by atoms with E-state index in [0.717, 1.165) is 16.7 Å². The van der Waals surface area contributed by atoms with Crippen LogP contribution in [0.15, 0.2) is 18.2 Å². The van der Waals surface area contributed by atoms with Gasteiger partial charge in [-0.25, -0.2) is 4.79 Å². The molecule has 186 valence electrons. The Bertz CT molecular complexity index is 850. The highest BCUT2D eigenvalue weighted by Crippen LogP contribution is 2.28. The van der Waals surface area contributed by atoms with E-state index in [9.17, 15) is 14.4 Å². The van der Waals surface area contributed by atoms with Gasteiger partial charge in [0.1, 0.15) is 17.7 Å². The second-order valence-electron chi connectivity index (χ2n) is 10.9. The molecule has 1 aromatic carbocycles. The van der Waals surface area contributed by atoms with Gasteiger partial charge in [0.05, 0.1) is 0 Å². The minimum atomic E-state index is -0.838. The molecule has 0 aliphatic rings. The van der Waals surface area contributed by atoms with Crippen LogP contribution in [0.3, 0.4) is 0 Å². The van der Waals surface area contributed by atoms with E-state index in [2.05, 4.69) is 10.6 Å². The first-order valence-corrected chi connectivity index (χ1v) is 11.7. The molecule has 2 unspecified atom stereocenters. The molecular weight excluding hydrogens is 418 g/mol. The predicted octanol–water partition coefficient (Wildman–Crippen LogP) is 4.66. The lowest BCUT2D eigenvalue weighted by Gasteiger charge is -2.37. The molecular formula is C26H43N3O4. The molecule has 0 fully saturated rings. The van der Waals surface area contributed by atoms with Gasteiger partial charge in [-0.3, -0.25) is 9.59 Å². The van der Waals surface area contributed by atoms with E-state index in [0.29, 0.717) is 6.54 Å². The fraction of sp³-hybridized carbons (Fsp3) is 0.654. The molecule has 7 heteroatoms. The highest BCUT2D eigenvalue weighted by Gasteiger charge is 2.38. The molecule has 33 heavy (non-hydrogen) atoms. The zero-order valence-corrected chi connectivity index (χ0v) is 22.3. The van der Waals surface area contributed by atoms with Crippen LogP contribution in [0.1, 0.15) is 85.0 Å². The zero-order valence-electron chi connectivity index (χ0n) is 22.3. The summed E-state index contributed by atoms with van der Waals surface area (Å²) in [6.45, 7) is 20.8. The van der Waals surface area contributed by atoms with Gasteiger partial charge in [0.2, 0.25) is 11.8 Å². The van der Waals surface area contributed by atoms with Crippen molar-refractivity contribution in [2.24, 2.45) is 5.92 Å². The molecule has 0 bridgehead atoms. The third-order valence-electron chi connectivity index (χ3n) is 5.23. The summed E-state index contributed by atoms with van der Waals surface area (Å²) >= 11 is 0. The van der Waals surface area contributed by atoms with Crippen LogP contribution in [0.5, 0.6) is 0 Å². The molecule has 0 saturated carbocycles. The molecule has 0 heterocycles. The number of nitrogens with one attached hydrogen (secondary N) is 2. The van der Waals surface area contributed by atoms with Crippen LogP contribution in [0.25, 0.3) is 0 Å². The Labute approximate surface area is 199 Å². The van der Waals surface area contributed by atoms with Crippen molar-refractivity contribution in [2.75, 3.05) is 6.54 Å². The molecule has 1 aromatic rings. The van der Waals surface area contributed by atoms with Gasteiger partial charge in [0, 0.05) is 12.1 Å². The molecule has 0 saturated heterocycles. The number of alkyl carbamates (subject to hydrolysis) is 1. The minimum Gasteiger partial charge on any atom is -0.444 e. The maximum Gasteiger partial charge on any atom is 0.408 e. The van der Waals surface area contributed by atoms with Crippen molar-refractivity contribution in [2.45, 2.75) is 99.4 Å². The zero-order chi connectivity index (χ0) is 25.7. The highest BCUT2D eigenvalue weighted by molar-refractivity contribution is 5.92. The van der Waals surface area contributed by atoms with E-state index >= 15 is 0 Å². The summed E-state index contributed by atoms with van der Waals surface area (Å²) in [5.74, 6) is -0.788. The van der Waals surface area contributed by atoms with E-state index in [4.69, 9.17) is 4.74 Å². The van der Waals surface area contributed by atoms with Crippen LogP contribution in [-0.4, -0.2) is 46.5 Å². The fourth-order valence-electron chi connectivity index (χ4n) is 3.55. The number of rotatable bonds is 7. The van der Waals surface area contributed by atoms with Crippen molar-refractivity contribution >= 4 is 17.9 Å². The summed E-state index contributed by atoms with van der Waals surface area (Å²) in [4.78, 5) is 41.3. The lowest BCUT2D eigenvalue weighted by Crippen LogP contribution is -2.56. The number of hydrogen-bond acceptors (Lipinski definition) is 4. The first kappa shape index (κ1) is 28.5. The smallest absolute Gasteiger partial charge is 0.408 e. The Kier molecular flexibility index (Phi) is 9.52. The van der Waals surface area contributed by atoms with Gasteiger partial charge in [0.15, 0.2) is 0 Å². The Hall–Kier alpha value is -2.57. The third-order valence-corrected chi connectivity index (χ3v) is 5.23. The Morgan fingerprint density at radius 3 is 2.06 bits per heavy atom. The van der Waals surface area contributed by atoms with Crippen molar-refractivity contribution in [1.82, 2.24) is 15.5 Å². The fourth-order valence-corrected chi connectivity index (χ4v) is 3.55. The molecule has 0 radical (unpaired) electrons. The van der Waals surface area contributed by atoms with Gasteiger partial charge in [0.25, 0.3) is 0 Å². The molecule has 7 nitrogen and oxygen atoms in total. The maximum absolute atomic E-state index is 13.8. The summed E-state index contributed by atoms with van der Waals surface area (Å²) in [5.41, 5.74) is 1.61. The van der Waals surface area contributed by atoms with Crippen LogP contribution in [-0.2, 0) is 14.3 Å². The Morgan fingerprint density at radius 2 is 1.61 bits per heavy atom. The van der Waals surface area contributed by atoms with Gasteiger partial charge < -0.3 is 20.3 Å². The van der Waals surface area contributed by atoms with E-state index in [-0.39, 0.29) is 17.7 Å². The van der Waals surface area contributed by atoms with Gasteiger partial charge >= 0.3 is 6.09 Å². The average Bonchev–Trinajstić information content (AvgIpc) is 2.63. The number of carbonyl (C=O) groups is 3. The van der Waals surface area contributed by atoms with E-state index in [1.165, 1.54) is 0 Å². The number of ether oxygens (including phenoxy) is 1. The third kappa shape index (κ3) is 8.37. The van der Waals surface area contributed by atoms with E-state index < -0.39 is 29.3 Å². The molecule has 0 aliphatic heterocycles. The van der Waals surface area contributed by atoms with E-state index in [1.807, 2.05) is 73.6 Å². The molecule has 0 aromatic heterocycles. The van der Waals surface area contributed by atoms with Crippen molar-refractivity contribution in [1.29, 1.82) is 0 Å². The number of amides is 3. The maximum atomic E-state index is 13.8. The van der Waals surface area contributed by atoms with Crippen LogP contribution in [0.2, 0.25) is 0 Å². The lowest BCUT2D eigenvalue weighted by atomic mass is 9.93. The molecule has 2 N–H and O–H groups in total. The lowest BCUT2D eigenvalue weighted by molar-refractivity contribution is -0.143. The second kappa shape index (κ2) is 11.0. The quantitative estimate of drug-likeness (QED) is 0.618. The number of hydrogen-bond donors (Lipinski definition) is 2. The summed E-state index contributed by atoms with van der Waals surface area (Å²) < 4.78 is 5.38. The van der Waals surface area contributed by atoms with Crippen molar-refractivity contribution < 1.29 is 19.1 Å². The summed E-state index contributed by atoms with van der Waals surface area (Å²) in [5, 5.41) is 5.75. The molecule has 0 spiro atoms. The van der Waals surface area contributed by atoms with Gasteiger partial charge in [-0.2, -0.15) is 0 Å². The summed E-state index contributed by atoms with van der Waals surface area (Å²) in [6, 6.07) is 4.10. The number of nitrogens with zero attached hydrogens (tertiary/aromatic N) is 1. The van der Waals surface area contributed by atoms with Crippen molar-refractivity contribution in [3.05, 3.63) is 34.9 Å².